The Morgan fingerprint density at radius 2 is 2.35 bits per heavy atom. The molecule has 2 rings (SSSR count). The van der Waals surface area contributed by atoms with E-state index in [1.807, 2.05) is 0 Å². The van der Waals surface area contributed by atoms with Gasteiger partial charge >= 0.3 is 0 Å². The van der Waals surface area contributed by atoms with Crippen molar-refractivity contribution in [1.29, 1.82) is 0 Å². The van der Waals surface area contributed by atoms with Crippen molar-refractivity contribution < 1.29 is 8.42 Å². The van der Waals surface area contributed by atoms with Crippen molar-refractivity contribution in [3.8, 4) is 0 Å². The number of rotatable bonds is 4. The number of halogens is 1. The lowest BCUT2D eigenvalue weighted by molar-refractivity contribution is 0.423. The van der Waals surface area contributed by atoms with Crippen molar-refractivity contribution in [2.45, 2.75) is 31.1 Å². The Bertz CT molecular complexity index is 466. The van der Waals surface area contributed by atoms with Crippen LogP contribution in [0.5, 0.6) is 0 Å². The maximum atomic E-state index is 12.0. The minimum atomic E-state index is -3.07. The lowest BCUT2D eigenvalue weighted by Gasteiger charge is -2.22. The van der Waals surface area contributed by atoms with Crippen molar-refractivity contribution in [2.75, 3.05) is 12.3 Å². The lowest BCUT2D eigenvalue weighted by atomic mass is 10.1. The van der Waals surface area contributed by atoms with Crippen LogP contribution < -0.4 is 5.32 Å². The summed E-state index contributed by atoms with van der Waals surface area (Å²) < 4.78 is 24.3. The fourth-order valence-electron chi connectivity index (χ4n) is 2.00. The number of aromatic nitrogens is 1. The molecule has 96 valence electrons. The monoisotopic (exact) mass is 294 g/mol. The maximum Gasteiger partial charge on any atom is 0.183 e. The summed E-state index contributed by atoms with van der Waals surface area (Å²) in [6, 6.07) is 0.108. The van der Waals surface area contributed by atoms with E-state index in [9.17, 15) is 8.42 Å². The van der Waals surface area contributed by atoms with E-state index in [0.717, 1.165) is 25.8 Å². The van der Waals surface area contributed by atoms with Crippen LogP contribution in [0.4, 0.5) is 0 Å². The normalized spacial score (nSPS) is 21.6. The third kappa shape index (κ3) is 4.21. The fourth-order valence-corrected chi connectivity index (χ4v) is 5.07. The Kier molecular flexibility index (Phi) is 4.41. The molecule has 4 nitrogen and oxygen atoms in total. The van der Waals surface area contributed by atoms with E-state index in [2.05, 4.69) is 10.3 Å². The molecule has 7 heteroatoms. The van der Waals surface area contributed by atoms with Crippen LogP contribution >= 0.6 is 22.9 Å². The van der Waals surface area contributed by atoms with Gasteiger partial charge in [-0.2, -0.15) is 0 Å². The van der Waals surface area contributed by atoms with Gasteiger partial charge in [-0.15, -0.1) is 11.3 Å². The zero-order valence-electron chi connectivity index (χ0n) is 9.36. The van der Waals surface area contributed by atoms with E-state index in [0.29, 0.717) is 9.34 Å². The summed E-state index contributed by atoms with van der Waals surface area (Å²) in [5.41, 5.74) is 0. The van der Waals surface area contributed by atoms with Crippen molar-refractivity contribution in [2.24, 2.45) is 0 Å². The van der Waals surface area contributed by atoms with Crippen LogP contribution in [-0.4, -0.2) is 31.7 Å². The molecule has 0 radical (unpaired) electrons. The highest BCUT2D eigenvalue weighted by Crippen LogP contribution is 2.21. The molecule has 1 atom stereocenters. The summed E-state index contributed by atoms with van der Waals surface area (Å²) in [7, 11) is -3.07. The van der Waals surface area contributed by atoms with Crippen molar-refractivity contribution in [3.63, 3.8) is 0 Å². The van der Waals surface area contributed by atoms with Crippen LogP contribution in [0.2, 0.25) is 4.47 Å². The highest BCUT2D eigenvalue weighted by atomic mass is 35.5. The quantitative estimate of drug-likeness (QED) is 0.921. The Morgan fingerprint density at radius 3 is 2.94 bits per heavy atom. The van der Waals surface area contributed by atoms with Gasteiger partial charge in [-0.3, -0.25) is 0 Å². The van der Waals surface area contributed by atoms with Gasteiger partial charge < -0.3 is 5.32 Å². The first-order valence-electron chi connectivity index (χ1n) is 5.59. The van der Waals surface area contributed by atoms with Gasteiger partial charge in [0.25, 0.3) is 0 Å². The first kappa shape index (κ1) is 13.3. The molecule has 0 unspecified atom stereocenters. The zero-order valence-corrected chi connectivity index (χ0v) is 11.7. The first-order valence-corrected chi connectivity index (χ1v) is 8.61. The first-order chi connectivity index (χ1) is 8.05. The summed E-state index contributed by atoms with van der Waals surface area (Å²) in [6.45, 7) is 0.923. The Morgan fingerprint density at radius 1 is 1.53 bits per heavy atom. The van der Waals surface area contributed by atoms with Crippen LogP contribution in [-0.2, 0) is 15.6 Å². The zero-order chi connectivity index (χ0) is 12.3. The Labute approximate surface area is 110 Å². The number of piperidine rings is 1. The molecule has 17 heavy (non-hydrogen) atoms. The predicted molar refractivity (Wildman–Crippen MR) is 70.3 cm³/mol. The molecule has 0 aromatic carbocycles. The molecule has 1 aromatic rings. The molecule has 1 aromatic heterocycles. The number of thiazole rings is 1. The molecule has 0 amide bonds. The Hall–Kier alpha value is -0.170. The van der Waals surface area contributed by atoms with Gasteiger partial charge in [0, 0.05) is 17.1 Å². The second-order valence-corrected chi connectivity index (χ2v) is 8.09. The second-order valence-electron chi connectivity index (χ2n) is 4.28. The fraction of sp³-hybridized carbons (Fsp3) is 0.700. The third-order valence-corrected chi connectivity index (χ3v) is 5.71. The number of hydrogen-bond donors (Lipinski definition) is 1. The van der Waals surface area contributed by atoms with E-state index in [1.54, 1.807) is 6.20 Å². The lowest BCUT2D eigenvalue weighted by Crippen LogP contribution is -2.39. The van der Waals surface area contributed by atoms with Gasteiger partial charge in [0.1, 0.15) is 0 Å². The summed E-state index contributed by atoms with van der Waals surface area (Å²) in [6.07, 6.45) is 4.74. The largest absolute Gasteiger partial charge is 0.313 e. The van der Waals surface area contributed by atoms with Crippen molar-refractivity contribution in [1.82, 2.24) is 10.3 Å². The molecule has 0 saturated carbocycles. The number of sulfone groups is 1. The molecular weight excluding hydrogens is 280 g/mol. The van der Waals surface area contributed by atoms with E-state index >= 15 is 0 Å². The van der Waals surface area contributed by atoms with Crippen LogP contribution in [0.25, 0.3) is 0 Å². The summed E-state index contributed by atoms with van der Waals surface area (Å²) >= 11 is 6.91. The van der Waals surface area contributed by atoms with Gasteiger partial charge in [-0.1, -0.05) is 18.0 Å². The topological polar surface area (TPSA) is 59.1 Å². The van der Waals surface area contributed by atoms with E-state index in [1.165, 1.54) is 11.3 Å². The van der Waals surface area contributed by atoms with Gasteiger partial charge in [-0.25, -0.2) is 13.4 Å². The minimum absolute atomic E-state index is 0.0512. The molecular formula is C10H15ClN2O2S2. The van der Waals surface area contributed by atoms with Crippen molar-refractivity contribution in [3.05, 3.63) is 15.5 Å². The number of hydrogen-bond acceptors (Lipinski definition) is 5. The highest BCUT2D eigenvalue weighted by Gasteiger charge is 2.22. The molecule has 0 aliphatic carbocycles. The average Bonchev–Trinajstić information content (AvgIpc) is 2.63. The van der Waals surface area contributed by atoms with Crippen molar-refractivity contribution >= 4 is 32.8 Å². The van der Waals surface area contributed by atoms with Gasteiger partial charge in [0.2, 0.25) is 0 Å². The van der Waals surface area contributed by atoms with Gasteiger partial charge in [0.15, 0.2) is 14.3 Å². The highest BCUT2D eigenvalue weighted by molar-refractivity contribution is 7.90. The molecule has 1 N–H and O–H groups in total. The number of nitrogens with one attached hydrogen (secondary N) is 1. The maximum absolute atomic E-state index is 12.0. The second kappa shape index (κ2) is 5.65. The molecule has 1 fully saturated rings. The standard InChI is InChI=1S/C10H15ClN2O2S2/c11-10-13-5-9(16-10)7-17(14,15)6-8-3-1-2-4-12-8/h5,8,12H,1-4,6-7H2/t8-/m0/s1. The molecule has 1 aliphatic heterocycles. The SMILES string of the molecule is O=S(=O)(Cc1cnc(Cl)s1)C[C@@H]1CCCCN1. The minimum Gasteiger partial charge on any atom is -0.313 e. The third-order valence-electron chi connectivity index (χ3n) is 2.76. The summed E-state index contributed by atoms with van der Waals surface area (Å²) in [5.74, 6) is 0.262. The van der Waals surface area contributed by atoms with E-state index in [-0.39, 0.29) is 17.5 Å². The van der Waals surface area contributed by atoms with E-state index in [4.69, 9.17) is 11.6 Å². The van der Waals surface area contributed by atoms with Crippen LogP contribution in [0.1, 0.15) is 24.1 Å². The van der Waals surface area contributed by atoms with Gasteiger partial charge in [-0.05, 0) is 19.4 Å². The summed E-state index contributed by atoms with van der Waals surface area (Å²) in [4.78, 5) is 4.57. The Balaban J connectivity index is 1.94. The number of nitrogens with zero attached hydrogens (tertiary/aromatic N) is 1. The predicted octanol–water partition coefficient (Wildman–Crippen LogP) is 1.85. The molecule has 0 bridgehead atoms. The van der Waals surface area contributed by atoms with Crippen LogP contribution in [0.3, 0.4) is 0 Å². The smallest absolute Gasteiger partial charge is 0.183 e. The molecule has 0 spiro atoms. The molecule has 1 aliphatic rings. The van der Waals surface area contributed by atoms with E-state index < -0.39 is 9.84 Å². The van der Waals surface area contributed by atoms with Crippen LogP contribution in [0.15, 0.2) is 6.20 Å². The average molecular weight is 295 g/mol. The summed E-state index contributed by atoms with van der Waals surface area (Å²) in [5, 5.41) is 3.25. The molecule has 2 heterocycles. The van der Waals surface area contributed by atoms with Crippen LogP contribution in [0, 0.1) is 0 Å². The van der Waals surface area contributed by atoms with Gasteiger partial charge in [0.05, 0.1) is 11.5 Å². The molecule has 1 saturated heterocycles.